The molecule has 0 aromatic heterocycles. The van der Waals surface area contributed by atoms with Gasteiger partial charge in [-0.25, -0.2) is 4.79 Å². The fourth-order valence-electron chi connectivity index (χ4n) is 2.70. The third-order valence-electron chi connectivity index (χ3n) is 4.04. The Bertz CT molecular complexity index is 584. The Kier molecular flexibility index (Phi) is 8.70. The lowest BCUT2D eigenvalue weighted by molar-refractivity contribution is -0.137. The summed E-state index contributed by atoms with van der Waals surface area (Å²) in [7, 11) is 0. The summed E-state index contributed by atoms with van der Waals surface area (Å²) >= 11 is 3.97. The molecule has 0 bridgehead atoms. The molecule has 1 saturated heterocycles. The van der Waals surface area contributed by atoms with Gasteiger partial charge >= 0.3 is 5.97 Å². The minimum absolute atomic E-state index is 0.0550. The van der Waals surface area contributed by atoms with Gasteiger partial charge in [0.05, 0.1) is 6.61 Å². The normalized spacial score (nSPS) is 17.2. The molecule has 4 heteroatoms. The Hall–Kier alpha value is -1.13. The molecule has 0 amide bonds. The van der Waals surface area contributed by atoms with E-state index >= 15 is 0 Å². The van der Waals surface area contributed by atoms with Gasteiger partial charge in [0.1, 0.15) is 4.08 Å². The minimum Gasteiger partial charge on any atom is -0.463 e. The summed E-state index contributed by atoms with van der Waals surface area (Å²) in [5.74, 6) is 2.04. The Labute approximate surface area is 160 Å². The van der Waals surface area contributed by atoms with Crippen molar-refractivity contribution in [3.05, 3.63) is 59.7 Å². The van der Waals surface area contributed by atoms with Gasteiger partial charge in [0, 0.05) is 6.08 Å². The number of hydrogen-bond acceptors (Lipinski definition) is 4. The van der Waals surface area contributed by atoms with Crippen molar-refractivity contribution in [2.75, 3.05) is 18.1 Å². The number of rotatable bonds is 8. The largest absolute Gasteiger partial charge is 0.463 e. The molecule has 0 spiro atoms. The minimum atomic E-state index is -0.287. The van der Waals surface area contributed by atoms with Gasteiger partial charge in [-0.15, -0.1) is 23.5 Å². The maximum atomic E-state index is 11.4. The molecule has 2 nitrogen and oxygen atoms in total. The number of ether oxygens (including phenoxy) is 1. The highest BCUT2D eigenvalue weighted by molar-refractivity contribution is 8.18. The maximum absolute atomic E-state index is 11.4. The average molecular weight is 377 g/mol. The standard InChI is InChI=1S/C21H28O2S2/c1-3-5-9-18-11-13-19(14-12-18)21(24-16-8-17-25-21)15-7-6-10-20(22)23-4-2/h6-7,10-15H,3-5,8-9,16-17H2,1-2H3/b10-6+,15-7+. The molecule has 1 fully saturated rings. The van der Waals surface area contributed by atoms with E-state index in [9.17, 15) is 4.79 Å². The zero-order valence-electron chi connectivity index (χ0n) is 15.2. The lowest BCUT2D eigenvalue weighted by Crippen LogP contribution is -2.20. The molecule has 0 N–H and O–H groups in total. The first kappa shape index (κ1) is 20.2. The summed E-state index contributed by atoms with van der Waals surface area (Å²) in [5.41, 5.74) is 2.75. The first-order valence-corrected chi connectivity index (χ1v) is 11.1. The summed E-state index contributed by atoms with van der Waals surface area (Å²) in [6, 6.07) is 9.08. The van der Waals surface area contributed by atoms with Crippen molar-refractivity contribution in [1.29, 1.82) is 0 Å². The first-order valence-electron chi connectivity index (χ1n) is 9.10. The maximum Gasteiger partial charge on any atom is 0.330 e. The summed E-state index contributed by atoms with van der Waals surface area (Å²) in [5, 5.41) is 0. The molecular formula is C21H28O2S2. The summed E-state index contributed by atoms with van der Waals surface area (Å²) < 4.78 is 4.86. The monoisotopic (exact) mass is 376 g/mol. The van der Waals surface area contributed by atoms with Crippen molar-refractivity contribution in [3.63, 3.8) is 0 Å². The smallest absolute Gasteiger partial charge is 0.330 e. The molecule has 0 radical (unpaired) electrons. The highest BCUT2D eigenvalue weighted by Crippen LogP contribution is 2.51. The molecule has 0 saturated carbocycles. The fraction of sp³-hybridized carbons (Fsp3) is 0.476. The van der Waals surface area contributed by atoms with E-state index in [0.717, 1.165) is 17.9 Å². The number of unbranched alkanes of at least 4 members (excludes halogenated alkanes) is 1. The van der Waals surface area contributed by atoms with Crippen molar-refractivity contribution in [2.24, 2.45) is 0 Å². The SMILES string of the molecule is CCCCc1ccc(C2(/C=C/C=C/C(=O)OCC)SCCCS2)cc1. The molecule has 25 heavy (non-hydrogen) atoms. The van der Waals surface area contributed by atoms with E-state index in [1.165, 1.54) is 36.5 Å². The van der Waals surface area contributed by atoms with Gasteiger partial charge in [0.25, 0.3) is 0 Å². The van der Waals surface area contributed by atoms with E-state index in [4.69, 9.17) is 4.74 Å². The quantitative estimate of drug-likeness (QED) is 0.329. The van der Waals surface area contributed by atoms with Gasteiger partial charge in [0.15, 0.2) is 0 Å². The summed E-state index contributed by atoms with van der Waals surface area (Å²) in [4.78, 5) is 11.4. The van der Waals surface area contributed by atoms with Crippen LogP contribution in [0, 0.1) is 0 Å². The lowest BCUT2D eigenvalue weighted by atomic mass is 10.0. The van der Waals surface area contributed by atoms with Crippen LogP contribution in [0.25, 0.3) is 0 Å². The molecule has 2 rings (SSSR count). The lowest BCUT2D eigenvalue weighted by Gasteiger charge is -2.34. The number of allylic oxidation sites excluding steroid dienone is 2. The molecular weight excluding hydrogens is 348 g/mol. The highest BCUT2D eigenvalue weighted by atomic mass is 32.2. The van der Waals surface area contributed by atoms with Crippen molar-refractivity contribution in [2.45, 2.75) is 43.6 Å². The van der Waals surface area contributed by atoms with Crippen LogP contribution in [0.2, 0.25) is 0 Å². The van der Waals surface area contributed by atoms with Crippen molar-refractivity contribution >= 4 is 29.5 Å². The third kappa shape index (κ3) is 6.27. The summed E-state index contributed by atoms with van der Waals surface area (Å²) in [6.45, 7) is 4.45. The predicted molar refractivity (Wildman–Crippen MR) is 111 cm³/mol. The van der Waals surface area contributed by atoms with Gasteiger partial charge in [-0.1, -0.05) is 55.8 Å². The second-order valence-electron chi connectivity index (χ2n) is 5.99. The Balaban J connectivity index is 2.12. The van der Waals surface area contributed by atoms with Crippen LogP contribution >= 0.6 is 23.5 Å². The van der Waals surface area contributed by atoms with Crippen LogP contribution in [-0.2, 0) is 20.0 Å². The van der Waals surface area contributed by atoms with E-state index in [0.29, 0.717) is 6.61 Å². The van der Waals surface area contributed by atoms with E-state index in [2.05, 4.69) is 37.3 Å². The van der Waals surface area contributed by atoms with E-state index < -0.39 is 0 Å². The molecule has 1 aromatic carbocycles. The molecule has 1 aromatic rings. The van der Waals surface area contributed by atoms with Crippen LogP contribution in [0.15, 0.2) is 48.6 Å². The molecule has 1 aliphatic heterocycles. The summed E-state index contributed by atoms with van der Waals surface area (Å²) in [6.07, 6.45) is 12.3. The number of carbonyl (C=O) groups is 1. The number of esters is 1. The van der Waals surface area contributed by atoms with Crippen molar-refractivity contribution < 1.29 is 9.53 Å². The second-order valence-corrected chi connectivity index (χ2v) is 8.93. The average Bonchev–Trinajstić information content (AvgIpc) is 2.65. The Morgan fingerprint density at radius 2 is 1.88 bits per heavy atom. The molecule has 136 valence electrons. The van der Waals surface area contributed by atoms with E-state index in [1.54, 1.807) is 6.08 Å². The number of aryl methyl sites for hydroxylation is 1. The van der Waals surface area contributed by atoms with Crippen LogP contribution in [0.3, 0.4) is 0 Å². The number of carbonyl (C=O) groups excluding carboxylic acids is 1. The van der Waals surface area contributed by atoms with Crippen LogP contribution in [0.5, 0.6) is 0 Å². The molecule has 0 unspecified atom stereocenters. The topological polar surface area (TPSA) is 26.3 Å². The molecule has 0 aliphatic carbocycles. The number of hydrogen-bond donors (Lipinski definition) is 0. The second kappa shape index (κ2) is 10.8. The number of benzene rings is 1. The van der Waals surface area contributed by atoms with Crippen molar-refractivity contribution in [3.8, 4) is 0 Å². The van der Waals surface area contributed by atoms with E-state index in [-0.39, 0.29) is 10.0 Å². The van der Waals surface area contributed by atoms with E-state index in [1.807, 2.05) is 36.5 Å². The third-order valence-corrected chi connectivity index (χ3v) is 7.34. The van der Waals surface area contributed by atoms with Crippen LogP contribution < -0.4 is 0 Å². The van der Waals surface area contributed by atoms with Gasteiger partial charge in [-0.3, -0.25) is 0 Å². The Morgan fingerprint density at radius 3 is 2.52 bits per heavy atom. The van der Waals surface area contributed by atoms with Crippen LogP contribution in [0.1, 0.15) is 44.2 Å². The van der Waals surface area contributed by atoms with Gasteiger partial charge in [-0.05, 0) is 48.8 Å². The zero-order chi connectivity index (χ0) is 18.0. The van der Waals surface area contributed by atoms with Crippen molar-refractivity contribution in [1.82, 2.24) is 0 Å². The predicted octanol–water partition coefficient (Wildman–Crippen LogP) is 5.73. The molecule has 1 aliphatic rings. The first-order chi connectivity index (χ1) is 12.2. The molecule has 1 heterocycles. The number of thioether (sulfide) groups is 2. The van der Waals surface area contributed by atoms with Crippen LogP contribution in [0.4, 0.5) is 0 Å². The zero-order valence-corrected chi connectivity index (χ0v) is 16.8. The van der Waals surface area contributed by atoms with Crippen LogP contribution in [-0.4, -0.2) is 24.1 Å². The highest BCUT2D eigenvalue weighted by Gasteiger charge is 2.32. The fourth-order valence-corrected chi connectivity index (χ4v) is 5.85. The molecule has 0 atom stereocenters. The Morgan fingerprint density at radius 1 is 1.16 bits per heavy atom. The van der Waals surface area contributed by atoms with Gasteiger partial charge in [-0.2, -0.15) is 0 Å². The van der Waals surface area contributed by atoms with Gasteiger partial charge in [0.2, 0.25) is 0 Å². The van der Waals surface area contributed by atoms with Gasteiger partial charge < -0.3 is 4.74 Å².